The standard InChI is InChI=1S/C15H23N3O2S/c1-9-6-10(2)8-18(7-9)11(3)14(20)17-15-12(13(16)19)4-5-21-15/h4-5,9-11H,6-8H2,1-3H3,(H2,16,19)(H,17,20)/t9-,10-,11-/m0/s1. The van der Waals surface area contributed by atoms with E-state index in [1.807, 2.05) is 6.92 Å². The lowest BCUT2D eigenvalue weighted by Gasteiger charge is -2.38. The summed E-state index contributed by atoms with van der Waals surface area (Å²) < 4.78 is 0. The monoisotopic (exact) mass is 309 g/mol. The smallest absolute Gasteiger partial charge is 0.251 e. The molecule has 0 radical (unpaired) electrons. The first kappa shape index (κ1) is 16.0. The summed E-state index contributed by atoms with van der Waals surface area (Å²) in [6.07, 6.45) is 1.21. The molecule has 0 saturated carbocycles. The molecule has 3 N–H and O–H groups in total. The molecule has 1 fully saturated rings. The van der Waals surface area contributed by atoms with Crippen LogP contribution in [0.15, 0.2) is 11.4 Å². The van der Waals surface area contributed by atoms with E-state index in [0.29, 0.717) is 22.4 Å². The van der Waals surface area contributed by atoms with Crippen LogP contribution in [0.25, 0.3) is 0 Å². The molecule has 5 nitrogen and oxygen atoms in total. The van der Waals surface area contributed by atoms with Crippen LogP contribution in [0.2, 0.25) is 0 Å². The first-order chi connectivity index (χ1) is 9.88. The van der Waals surface area contributed by atoms with Crippen LogP contribution in [0.4, 0.5) is 5.00 Å². The van der Waals surface area contributed by atoms with E-state index in [1.54, 1.807) is 11.4 Å². The van der Waals surface area contributed by atoms with Crippen molar-refractivity contribution in [1.29, 1.82) is 0 Å². The highest BCUT2D eigenvalue weighted by molar-refractivity contribution is 7.14. The van der Waals surface area contributed by atoms with E-state index in [-0.39, 0.29) is 11.9 Å². The largest absolute Gasteiger partial charge is 0.366 e. The third-order valence-electron chi connectivity index (χ3n) is 3.99. The number of nitrogens with one attached hydrogen (secondary N) is 1. The Hall–Kier alpha value is -1.40. The number of carbonyl (C=O) groups excluding carboxylic acids is 2. The zero-order chi connectivity index (χ0) is 15.6. The van der Waals surface area contributed by atoms with Crippen molar-refractivity contribution in [3.63, 3.8) is 0 Å². The predicted molar refractivity (Wildman–Crippen MR) is 85.4 cm³/mol. The minimum absolute atomic E-state index is 0.0822. The molecule has 2 heterocycles. The number of nitrogens with two attached hydrogens (primary N) is 1. The van der Waals surface area contributed by atoms with Gasteiger partial charge in [-0.25, -0.2) is 0 Å². The first-order valence-corrected chi connectivity index (χ1v) is 8.18. The number of hydrogen-bond donors (Lipinski definition) is 2. The fourth-order valence-electron chi connectivity index (χ4n) is 3.01. The van der Waals surface area contributed by atoms with Gasteiger partial charge in [-0.3, -0.25) is 14.5 Å². The van der Waals surface area contributed by atoms with Crippen molar-refractivity contribution in [3.8, 4) is 0 Å². The number of piperidine rings is 1. The van der Waals surface area contributed by atoms with Gasteiger partial charge in [0, 0.05) is 13.1 Å². The highest BCUT2D eigenvalue weighted by Crippen LogP contribution is 2.25. The Morgan fingerprint density at radius 2 is 2.00 bits per heavy atom. The average Bonchev–Trinajstić information content (AvgIpc) is 2.84. The minimum Gasteiger partial charge on any atom is -0.366 e. The third kappa shape index (κ3) is 3.83. The molecular formula is C15H23N3O2S. The molecule has 0 aromatic carbocycles. The lowest BCUT2D eigenvalue weighted by Crippen LogP contribution is -2.48. The van der Waals surface area contributed by atoms with Gasteiger partial charge in [-0.15, -0.1) is 11.3 Å². The second kappa shape index (κ2) is 6.58. The van der Waals surface area contributed by atoms with Crippen LogP contribution in [0.1, 0.15) is 37.6 Å². The van der Waals surface area contributed by atoms with E-state index in [2.05, 4.69) is 24.1 Å². The third-order valence-corrected chi connectivity index (χ3v) is 4.82. The maximum Gasteiger partial charge on any atom is 0.251 e. The van der Waals surface area contributed by atoms with Crippen molar-refractivity contribution >= 4 is 28.2 Å². The maximum absolute atomic E-state index is 12.4. The molecule has 0 unspecified atom stereocenters. The fourth-order valence-corrected chi connectivity index (χ4v) is 3.80. The second-order valence-electron chi connectivity index (χ2n) is 6.09. The van der Waals surface area contributed by atoms with E-state index in [0.717, 1.165) is 13.1 Å². The van der Waals surface area contributed by atoms with E-state index in [1.165, 1.54) is 17.8 Å². The minimum atomic E-state index is -0.514. The van der Waals surface area contributed by atoms with Crippen molar-refractivity contribution in [2.24, 2.45) is 17.6 Å². The van der Waals surface area contributed by atoms with Crippen molar-refractivity contribution < 1.29 is 9.59 Å². The SMILES string of the molecule is C[C@H]1C[C@H](C)CN([C@@H](C)C(=O)Nc2sccc2C(N)=O)C1. The van der Waals surface area contributed by atoms with Crippen LogP contribution in [0.5, 0.6) is 0 Å². The average molecular weight is 309 g/mol. The molecule has 0 aliphatic carbocycles. The van der Waals surface area contributed by atoms with Crippen molar-refractivity contribution in [1.82, 2.24) is 4.90 Å². The summed E-state index contributed by atoms with van der Waals surface area (Å²) in [5, 5.41) is 5.13. The number of anilines is 1. The van der Waals surface area contributed by atoms with Crippen LogP contribution >= 0.6 is 11.3 Å². The first-order valence-electron chi connectivity index (χ1n) is 7.30. The van der Waals surface area contributed by atoms with Gasteiger partial charge in [0.15, 0.2) is 0 Å². The summed E-state index contributed by atoms with van der Waals surface area (Å²) in [4.78, 5) is 25.9. The quantitative estimate of drug-likeness (QED) is 0.895. The van der Waals surface area contributed by atoms with Gasteiger partial charge in [-0.2, -0.15) is 0 Å². The molecule has 1 saturated heterocycles. The number of thiophene rings is 1. The zero-order valence-corrected chi connectivity index (χ0v) is 13.6. The summed E-state index contributed by atoms with van der Waals surface area (Å²) in [5.41, 5.74) is 5.67. The Morgan fingerprint density at radius 3 is 2.57 bits per heavy atom. The van der Waals surface area contributed by atoms with E-state index >= 15 is 0 Å². The summed E-state index contributed by atoms with van der Waals surface area (Å²) >= 11 is 1.32. The number of nitrogens with zero attached hydrogens (tertiary/aromatic N) is 1. The van der Waals surface area contributed by atoms with Gasteiger partial charge in [-0.1, -0.05) is 13.8 Å². The molecule has 0 bridgehead atoms. The molecule has 21 heavy (non-hydrogen) atoms. The van der Waals surface area contributed by atoms with Crippen LogP contribution < -0.4 is 11.1 Å². The highest BCUT2D eigenvalue weighted by atomic mass is 32.1. The molecule has 0 spiro atoms. The second-order valence-corrected chi connectivity index (χ2v) is 7.01. The van der Waals surface area contributed by atoms with Crippen molar-refractivity contribution in [2.45, 2.75) is 33.2 Å². The molecule has 116 valence electrons. The number of amides is 2. The van der Waals surface area contributed by atoms with E-state index in [4.69, 9.17) is 5.73 Å². The molecule has 2 amide bonds. The van der Waals surface area contributed by atoms with Gasteiger partial charge in [0.25, 0.3) is 5.91 Å². The van der Waals surface area contributed by atoms with Gasteiger partial charge in [0.05, 0.1) is 11.6 Å². The molecule has 1 aromatic rings. The lowest BCUT2D eigenvalue weighted by molar-refractivity contribution is -0.121. The van der Waals surface area contributed by atoms with Gasteiger partial charge >= 0.3 is 0 Å². The highest BCUT2D eigenvalue weighted by Gasteiger charge is 2.29. The number of carbonyl (C=O) groups is 2. The van der Waals surface area contributed by atoms with Crippen LogP contribution in [-0.4, -0.2) is 35.8 Å². The van der Waals surface area contributed by atoms with Gasteiger partial charge < -0.3 is 11.1 Å². The zero-order valence-electron chi connectivity index (χ0n) is 12.8. The number of rotatable bonds is 4. The Labute approximate surface area is 129 Å². The van der Waals surface area contributed by atoms with Crippen LogP contribution in [0.3, 0.4) is 0 Å². The maximum atomic E-state index is 12.4. The molecular weight excluding hydrogens is 286 g/mol. The number of likely N-dealkylation sites (tertiary alicyclic amines) is 1. The molecule has 6 heteroatoms. The van der Waals surface area contributed by atoms with Crippen LogP contribution in [0, 0.1) is 11.8 Å². The summed E-state index contributed by atoms with van der Waals surface area (Å²) in [6.45, 7) is 8.23. The number of hydrogen-bond acceptors (Lipinski definition) is 4. The Bertz CT molecular complexity index is 519. The molecule has 2 rings (SSSR count). The summed E-state index contributed by atoms with van der Waals surface area (Å²) in [5.74, 6) is 0.611. The lowest BCUT2D eigenvalue weighted by atomic mass is 9.91. The summed E-state index contributed by atoms with van der Waals surface area (Å²) in [7, 11) is 0. The van der Waals surface area contributed by atoms with Crippen molar-refractivity contribution in [2.75, 3.05) is 18.4 Å². The molecule has 1 aliphatic heterocycles. The van der Waals surface area contributed by atoms with E-state index < -0.39 is 5.91 Å². The van der Waals surface area contributed by atoms with Gasteiger partial charge in [0.2, 0.25) is 5.91 Å². The molecule has 1 aromatic heterocycles. The Morgan fingerprint density at radius 1 is 1.38 bits per heavy atom. The van der Waals surface area contributed by atoms with E-state index in [9.17, 15) is 9.59 Å². The Balaban J connectivity index is 2.02. The Kier molecular flexibility index (Phi) is 5.00. The topological polar surface area (TPSA) is 75.4 Å². The van der Waals surface area contributed by atoms with Gasteiger partial charge in [-0.05, 0) is 36.6 Å². The normalized spacial score (nSPS) is 24.5. The van der Waals surface area contributed by atoms with Crippen LogP contribution in [-0.2, 0) is 4.79 Å². The molecule has 1 aliphatic rings. The molecule has 3 atom stereocenters. The fraction of sp³-hybridized carbons (Fsp3) is 0.600. The van der Waals surface area contributed by atoms with Gasteiger partial charge in [0.1, 0.15) is 5.00 Å². The predicted octanol–water partition coefficient (Wildman–Crippen LogP) is 2.15. The van der Waals surface area contributed by atoms with Crippen molar-refractivity contribution in [3.05, 3.63) is 17.0 Å². The summed E-state index contributed by atoms with van der Waals surface area (Å²) in [6, 6.07) is 1.43. The number of primary amides is 1.